The number of methoxy groups -OCH3 is 1. The number of fused-ring (bicyclic) bond motifs is 1. The Morgan fingerprint density at radius 2 is 1.97 bits per heavy atom. The van der Waals surface area contributed by atoms with Gasteiger partial charge in [-0.3, -0.25) is 9.20 Å². The lowest BCUT2D eigenvalue weighted by Gasteiger charge is -2.30. The molecule has 0 spiro atoms. The summed E-state index contributed by atoms with van der Waals surface area (Å²) in [6, 6.07) is 12.2. The number of Topliss-reactive ketones (excluding diaryl/α,β-unsaturated/α-hetero) is 1. The standard InChI is InChI=1S/C23H24F3N3O2/c1-31-18-10-8-16(9-11-18)19(30)13-15-4-2-5-17(12-15)27-21-6-3-7-22-28-20(14-29(21)22)23(24,25)26/h3,6-11,14-15,17,27H,2,4-5,12-13H2,1H3/t15-,17+/m1/s1. The fraction of sp³-hybridized carbons (Fsp3) is 0.391. The second kappa shape index (κ2) is 8.61. The number of carbonyl (C=O) groups excluding carboxylic acids is 1. The molecular weight excluding hydrogens is 407 g/mol. The summed E-state index contributed by atoms with van der Waals surface area (Å²) in [7, 11) is 1.58. The summed E-state index contributed by atoms with van der Waals surface area (Å²) in [6.45, 7) is 0. The van der Waals surface area contributed by atoms with Crippen LogP contribution in [0.1, 0.15) is 48.2 Å². The molecule has 31 heavy (non-hydrogen) atoms. The number of rotatable bonds is 6. The first kappa shape index (κ1) is 21.2. The van der Waals surface area contributed by atoms with Crippen molar-refractivity contribution in [2.75, 3.05) is 12.4 Å². The molecule has 0 bridgehead atoms. The van der Waals surface area contributed by atoms with Crippen LogP contribution in [0.3, 0.4) is 0 Å². The zero-order valence-corrected chi connectivity index (χ0v) is 17.2. The van der Waals surface area contributed by atoms with Crippen LogP contribution >= 0.6 is 0 Å². The van der Waals surface area contributed by atoms with E-state index in [0.29, 0.717) is 23.6 Å². The Labute approximate surface area is 178 Å². The second-order valence-corrected chi connectivity index (χ2v) is 7.99. The fourth-order valence-electron chi connectivity index (χ4n) is 4.24. The zero-order chi connectivity index (χ0) is 22.0. The first-order valence-electron chi connectivity index (χ1n) is 10.3. The highest BCUT2D eigenvalue weighted by molar-refractivity contribution is 5.96. The SMILES string of the molecule is COc1ccc(C(=O)C[C@@H]2CCC[C@H](Nc3cccc4nc(C(F)(F)F)cn34)C2)cc1. The summed E-state index contributed by atoms with van der Waals surface area (Å²) >= 11 is 0. The zero-order valence-electron chi connectivity index (χ0n) is 17.2. The largest absolute Gasteiger partial charge is 0.497 e. The van der Waals surface area contributed by atoms with Crippen LogP contribution in [0.5, 0.6) is 5.75 Å². The van der Waals surface area contributed by atoms with E-state index in [1.807, 2.05) is 0 Å². The maximum absolute atomic E-state index is 13.0. The van der Waals surface area contributed by atoms with Gasteiger partial charge in [-0.1, -0.05) is 12.5 Å². The number of hydrogen-bond donors (Lipinski definition) is 1. The highest BCUT2D eigenvalue weighted by Gasteiger charge is 2.34. The van der Waals surface area contributed by atoms with Gasteiger partial charge in [-0.15, -0.1) is 0 Å². The van der Waals surface area contributed by atoms with Crippen molar-refractivity contribution in [1.82, 2.24) is 9.38 Å². The maximum Gasteiger partial charge on any atom is 0.434 e. The molecule has 0 unspecified atom stereocenters. The average Bonchev–Trinajstić information content (AvgIpc) is 3.20. The quantitative estimate of drug-likeness (QED) is 0.516. The average molecular weight is 431 g/mol. The third-order valence-electron chi connectivity index (χ3n) is 5.80. The minimum atomic E-state index is -4.49. The van der Waals surface area contributed by atoms with Gasteiger partial charge in [0.05, 0.1) is 7.11 Å². The van der Waals surface area contributed by atoms with Crippen LogP contribution in [0.4, 0.5) is 19.0 Å². The number of nitrogens with zero attached hydrogens (tertiary/aromatic N) is 2. The Hall–Kier alpha value is -3.03. The van der Waals surface area contributed by atoms with E-state index in [-0.39, 0.29) is 23.4 Å². The number of carbonyl (C=O) groups is 1. The van der Waals surface area contributed by atoms with E-state index in [1.54, 1.807) is 49.6 Å². The molecule has 0 radical (unpaired) electrons. The highest BCUT2D eigenvalue weighted by Crippen LogP contribution is 2.32. The van der Waals surface area contributed by atoms with Gasteiger partial charge >= 0.3 is 6.18 Å². The summed E-state index contributed by atoms with van der Waals surface area (Å²) in [5.41, 5.74) is 0.00599. The Bertz CT molecular complexity index is 1060. The van der Waals surface area contributed by atoms with Gasteiger partial charge in [-0.2, -0.15) is 13.2 Å². The van der Waals surface area contributed by atoms with Crippen molar-refractivity contribution in [3.63, 3.8) is 0 Å². The van der Waals surface area contributed by atoms with E-state index in [4.69, 9.17) is 4.74 Å². The Morgan fingerprint density at radius 1 is 1.19 bits per heavy atom. The van der Waals surface area contributed by atoms with Crippen LogP contribution in [-0.2, 0) is 6.18 Å². The van der Waals surface area contributed by atoms with Crippen molar-refractivity contribution in [3.8, 4) is 5.75 Å². The van der Waals surface area contributed by atoms with Crippen molar-refractivity contribution in [3.05, 3.63) is 59.9 Å². The van der Waals surface area contributed by atoms with Crippen molar-refractivity contribution in [2.24, 2.45) is 5.92 Å². The smallest absolute Gasteiger partial charge is 0.434 e. The van der Waals surface area contributed by atoms with Gasteiger partial charge in [0, 0.05) is 24.2 Å². The molecule has 1 aromatic carbocycles. The molecule has 3 aromatic rings. The number of benzene rings is 1. The fourth-order valence-corrected chi connectivity index (χ4v) is 4.24. The first-order valence-corrected chi connectivity index (χ1v) is 10.3. The third-order valence-corrected chi connectivity index (χ3v) is 5.80. The van der Waals surface area contributed by atoms with Gasteiger partial charge in [0.25, 0.3) is 0 Å². The third kappa shape index (κ3) is 4.84. The number of anilines is 1. The van der Waals surface area contributed by atoms with E-state index in [1.165, 1.54) is 4.40 Å². The number of imidazole rings is 1. The molecule has 1 aliphatic rings. The molecule has 164 valence electrons. The summed E-state index contributed by atoms with van der Waals surface area (Å²) in [6.07, 6.45) is 0.618. The number of hydrogen-bond acceptors (Lipinski definition) is 4. The molecule has 0 aliphatic heterocycles. The van der Waals surface area contributed by atoms with Crippen LogP contribution in [-0.4, -0.2) is 28.3 Å². The molecule has 1 aliphatic carbocycles. The van der Waals surface area contributed by atoms with Crippen LogP contribution in [0, 0.1) is 5.92 Å². The van der Waals surface area contributed by atoms with E-state index in [2.05, 4.69) is 10.3 Å². The van der Waals surface area contributed by atoms with Crippen molar-refractivity contribution < 1.29 is 22.7 Å². The number of ketones is 1. The first-order chi connectivity index (χ1) is 14.8. The summed E-state index contributed by atoms with van der Waals surface area (Å²) in [5.74, 6) is 1.61. The van der Waals surface area contributed by atoms with Crippen LogP contribution in [0.15, 0.2) is 48.7 Å². The minimum Gasteiger partial charge on any atom is -0.497 e. The van der Waals surface area contributed by atoms with Crippen molar-refractivity contribution in [1.29, 1.82) is 0 Å². The lowest BCUT2D eigenvalue weighted by molar-refractivity contribution is -0.140. The molecule has 1 N–H and O–H groups in total. The van der Waals surface area contributed by atoms with Crippen LogP contribution in [0.2, 0.25) is 0 Å². The van der Waals surface area contributed by atoms with Crippen LogP contribution < -0.4 is 10.1 Å². The summed E-state index contributed by atoms with van der Waals surface area (Å²) in [4.78, 5) is 16.4. The van der Waals surface area contributed by atoms with Gasteiger partial charge in [-0.25, -0.2) is 4.98 Å². The molecule has 8 heteroatoms. The topological polar surface area (TPSA) is 55.6 Å². The monoisotopic (exact) mass is 431 g/mol. The van der Waals surface area contributed by atoms with Gasteiger partial charge in [0.2, 0.25) is 0 Å². The maximum atomic E-state index is 13.0. The second-order valence-electron chi connectivity index (χ2n) is 7.99. The number of halogens is 3. The number of ether oxygens (including phenoxy) is 1. The molecule has 1 saturated carbocycles. The summed E-state index contributed by atoms with van der Waals surface area (Å²) in [5, 5.41) is 3.37. The molecule has 0 saturated heterocycles. The van der Waals surface area contributed by atoms with Gasteiger partial charge in [0.1, 0.15) is 17.2 Å². The van der Waals surface area contributed by atoms with E-state index in [0.717, 1.165) is 31.9 Å². The van der Waals surface area contributed by atoms with E-state index < -0.39 is 11.9 Å². The minimum absolute atomic E-state index is 0.0877. The lowest BCUT2D eigenvalue weighted by Crippen LogP contribution is -2.29. The molecule has 0 amide bonds. The predicted octanol–water partition coefficient (Wildman–Crippen LogP) is 5.61. The Balaban J connectivity index is 1.43. The van der Waals surface area contributed by atoms with Gasteiger partial charge in [-0.05, 0) is 61.6 Å². The van der Waals surface area contributed by atoms with Gasteiger partial charge in [0.15, 0.2) is 11.5 Å². The predicted molar refractivity (Wildman–Crippen MR) is 112 cm³/mol. The Morgan fingerprint density at radius 3 is 2.68 bits per heavy atom. The summed E-state index contributed by atoms with van der Waals surface area (Å²) < 4.78 is 45.7. The Kier molecular flexibility index (Phi) is 5.89. The molecule has 4 rings (SSSR count). The molecule has 2 heterocycles. The molecule has 2 aromatic heterocycles. The molecule has 1 fully saturated rings. The number of nitrogens with one attached hydrogen (secondary N) is 1. The number of aromatic nitrogens is 2. The lowest BCUT2D eigenvalue weighted by atomic mass is 9.82. The van der Waals surface area contributed by atoms with Crippen molar-refractivity contribution in [2.45, 2.75) is 44.3 Å². The van der Waals surface area contributed by atoms with E-state index in [9.17, 15) is 18.0 Å². The van der Waals surface area contributed by atoms with Crippen molar-refractivity contribution >= 4 is 17.2 Å². The van der Waals surface area contributed by atoms with Crippen LogP contribution in [0.25, 0.3) is 5.65 Å². The van der Waals surface area contributed by atoms with Gasteiger partial charge < -0.3 is 10.1 Å². The number of alkyl halides is 3. The molecular formula is C23H24F3N3O2. The molecule has 5 nitrogen and oxygen atoms in total. The molecule has 2 atom stereocenters. The highest BCUT2D eigenvalue weighted by atomic mass is 19.4. The van der Waals surface area contributed by atoms with E-state index >= 15 is 0 Å². The number of pyridine rings is 1. The normalized spacial score (nSPS) is 19.4.